The van der Waals surface area contributed by atoms with E-state index in [1.54, 1.807) is 0 Å². The lowest BCUT2D eigenvalue weighted by atomic mass is 9.43. The van der Waals surface area contributed by atoms with Crippen LogP contribution in [0.3, 0.4) is 0 Å². The molecule has 158 valence electrons. The van der Waals surface area contributed by atoms with Gasteiger partial charge in [0.1, 0.15) is 5.78 Å². The molecule has 3 heteroatoms. The number of ketones is 1. The number of carbonyl (C=O) groups excluding carboxylic acids is 1. The summed E-state index contributed by atoms with van der Waals surface area (Å²) in [6.07, 6.45) is 10.6. The van der Waals surface area contributed by atoms with Crippen LogP contribution in [0.15, 0.2) is 0 Å². The van der Waals surface area contributed by atoms with Crippen LogP contribution in [0, 0.1) is 52.3 Å². The Kier molecular flexibility index (Phi) is 5.20. The summed E-state index contributed by atoms with van der Waals surface area (Å²) in [6, 6.07) is 0. The van der Waals surface area contributed by atoms with Crippen LogP contribution in [0.5, 0.6) is 0 Å². The molecule has 9 atom stereocenters. The van der Waals surface area contributed by atoms with E-state index in [9.17, 15) is 9.59 Å². The second-order valence-electron chi connectivity index (χ2n) is 11.6. The molecule has 1 N–H and O–H groups in total. The van der Waals surface area contributed by atoms with Crippen molar-refractivity contribution in [1.29, 1.82) is 0 Å². The summed E-state index contributed by atoms with van der Waals surface area (Å²) < 4.78 is 0. The minimum atomic E-state index is -0.678. The van der Waals surface area contributed by atoms with Crippen LogP contribution in [0.1, 0.15) is 91.9 Å². The number of aliphatic carboxylic acids is 1. The fourth-order valence-corrected chi connectivity index (χ4v) is 8.67. The number of Topliss-reactive ketones (excluding diaryl/α,β-unsaturated/α-hetero) is 1. The molecule has 0 bridgehead atoms. The SMILES string of the molecule is C[C@@H]1CC[C@@]2(C)[C@H](CC(=O)[C@@H]3[C@@H]2CC[C@]2(C)[C@@H]([C@H](C)CCC(=O)O)CC[C@@H]32)C1. The van der Waals surface area contributed by atoms with Gasteiger partial charge in [-0.2, -0.15) is 0 Å². The van der Waals surface area contributed by atoms with Crippen LogP contribution in [-0.4, -0.2) is 16.9 Å². The van der Waals surface area contributed by atoms with Crippen molar-refractivity contribution in [3.8, 4) is 0 Å². The average Bonchev–Trinajstić information content (AvgIpc) is 2.98. The van der Waals surface area contributed by atoms with Gasteiger partial charge in [-0.1, -0.05) is 34.1 Å². The van der Waals surface area contributed by atoms with Crippen LogP contribution in [0.2, 0.25) is 0 Å². The molecule has 3 nitrogen and oxygen atoms in total. The second-order valence-corrected chi connectivity index (χ2v) is 11.6. The van der Waals surface area contributed by atoms with Crippen LogP contribution in [0.4, 0.5) is 0 Å². The van der Waals surface area contributed by atoms with Crippen molar-refractivity contribution >= 4 is 11.8 Å². The van der Waals surface area contributed by atoms with Crippen molar-refractivity contribution in [2.24, 2.45) is 52.3 Å². The Morgan fingerprint density at radius 1 is 1.11 bits per heavy atom. The van der Waals surface area contributed by atoms with Gasteiger partial charge in [0.2, 0.25) is 0 Å². The number of carboxylic acid groups (broad SMARTS) is 1. The van der Waals surface area contributed by atoms with Gasteiger partial charge in [-0.15, -0.1) is 0 Å². The quantitative estimate of drug-likeness (QED) is 0.646. The molecule has 4 rings (SSSR count). The molecule has 0 radical (unpaired) electrons. The molecule has 4 aliphatic rings. The Balaban J connectivity index is 1.56. The van der Waals surface area contributed by atoms with Gasteiger partial charge in [-0.25, -0.2) is 0 Å². The predicted octanol–water partition coefficient (Wildman–Crippen LogP) is 5.96. The maximum absolute atomic E-state index is 13.4. The molecule has 0 unspecified atom stereocenters. The summed E-state index contributed by atoms with van der Waals surface area (Å²) in [4.78, 5) is 24.5. The van der Waals surface area contributed by atoms with Crippen LogP contribution >= 0.6 is 0 Å². The number of fused-ring (bicyclic) bond motifs is 5. The highest BCUT2D eigenvalue weighted by Gasteiger charge is 2.62. The van der Waals surface area contributed by atoms with Gasteiger partial charge in [-0.3, -0.25) is 9.59 Å². The first-order chi connectivity index (χ1) is 13.2. The first-order valence-corrected chi connectivity index (χ1v) is 11.9. The van der Waals surface area contributed by atoms with Gasteiger partial charge < -0.3 is 5.11 Å². The van der Waals surface area contributed by atoms with E-state index < -0.39 is 5.97 Å². The maximum Gasteiger partial charge on any atom is 0.303 e. The van der Waals surface area contributed by atoms with Gasteiger partial charge in [0, 0.05) is 18.8 Å². The van der Waals surface area contributed by atoms with Crippen molar-refractivity contribution in [2.75, 3.05) is 0 Å². The fraction of sp³-hybridized carbons (Fsp3) is 0.920. The fourth-order valence-electron chi connectivity index (χ4n) is 8.67. The van der Waals surface area contributed by atoms with Crippen LogP contribution in [0.25, 0.3) is 0 Å². The molecular formula is C25H40O3. The van der Waals surface area contributed by atoms with Crippen molar-refractivity contribution < 1.29 is 14.7 Å². The van der Waals surface area contributed by atoms with Crippen molar-refractivity contribution in [1.82, 2.24) is 0 Å². The Morgan fingerprint density at radius 3 is 2.50 bits per heavy atom. The van der Waals surface area contributed by atoms with E-state index in [1.807, 2.05) is 0 Å². The summed E-state index contributed by atoms with van der Waals surface area (Å²) >= 11 is 0. The third-order valence-corrected chi connectivity index (χ3v) is 10.3. The summed E-state index contributed by atoms with van der Waals surface area (Å²) in [6.45, 7) is 9.61. The zero-order valence-electron chi connectivity index (χ0n) is 18.4. The minimum absolute atomic E-state index is 0.236. The topological polar surface area (TPSA) is 54.4 Å². The lowest BCUT2D eigenvalue weighted by molar-refractivity contribution is -0.158. The van der Waals surface area contributed by atoms with Crippen molar-refractivity contribution in [2.45, 2.75) is 91.9 Å². The molecule has 0 heterocycles. The predicted molar refractivity (Wildman–Crippen MR) is 111 cm³/mol. The molecule has 0 saturated heterocycles. The lowest BCUT2D eigenvalue weighted by Crippen LogP contribution is -2.57. The smallest absolute Gasteiger partial charge is 0.303 e. The summed E-state index contributed by atoms with van der Waals surface area (Å²) in [5.41, 5.74) is 0.610. The molecule has 0 aromatic rings. The molecule has 0 amide bonds. The molecular weight excluding hydrogens is 348 g/mol. The first kappa shape index (κ1) is 20.4. The highest BCUT2D eigenvalue weighted by atomic mass is 16.4. The largest absolute Gasteiger partial charge is 0.481 e. The van der Waals surface area contributed by atoms with E-state index in [-0.39, 0.29) is 17.8 Å². The van der Waals surface area contributed by atoms with Crippen molar-refractivity contribution in [3.05, 3.63) is 0 Å². The van der Waals surface area contributed by atoms with Gasteiger partial charge in [0.25, 0.3) is 0 Å². The monoisotopic (exact) mass is 388 g/mol. The zero-order chi connectivity index (χ0) is 20.3. The molecule has 28 heavy (non-hydrogen) atoms. The molecule has 0 spiro atoms. The molecule has 4 saturated carbocycles. The third-order valence-electron chi connectivity index (χ3n) is 10.3. The summed E-state index contributed by atoms with van der Waals surface area (Å²) in [5.74, 6) is 3.74. The van der Waals surface area contributed by atoms with E-state index in [0.717, 1.165) is 18.8 Å². The normalized spacial score (nSPS) is 49.1. The van der Waals surface area contributed by atoms with Crippen LogP contribution in [-0.2, 0) is 9.59 Å². The Morgan fingerprint density at radius 2 is 1.79 bits per heavy atom. The standard InChI is InChI=1S/C25H40O3/c1-15-9-11-24(3)17(13-15)14-21(26)23-19-7-6-18(16(2)5-8-22(27)28)25(19,4)12-10-20(23)24/h15-20,23H,5-14H2,1-4H3,(H,27,28)/t15-,16-,17+,18-,19+,20+,23+,24+,25-/m1/s1. The molecule has 0 aromatic carbocycles. The van der Waals surface area contributed by atoms with Gasteiger partial charge in [0.15, 0.2) is 0 Å². The highest BCUT2D eigenvalue weighted by Crippen LogP contribution is 2.67. The molecule has 4 aliphatic carbocycles. The molecule has 0 aromatic heterocycles. The highest BCUT2D eigenvalue weighted by molar-refractivity contribution is 5.83. The number of carboxylic acids is 1. The first-order valence-electron chi connectivity index (χ1n) is 11.9. The van der Waals surface area contributed by atoms with Crippen LogP contribution < -0.4 is 0 Å². The number of carbonyl (C=O) groups is 2. The van der Waals surface area contributed by atoms with Gasteiger partial charge in [-0.05, 0) is 91.3 Å². The lowest BCUT2D eigenvalue weighted by Gasteiger charge is -2.60. The van der Waals surface area contributed by atoms with E-state index in [0.29, 0.717) is 40.8 Å². The van der Waals surface area contributed by atoms with Crippen molar-refractivity contribution in [3.63, 3.8) is 0 Å². The Bertz CT molecular complexity index is 642. The zero-order valence-corrected chi connectivity index (χ0v) is 18.4. The van der Waals surface area contributed by atoms with Gasteiger partial charge in [0.05, 0.1) is 0 Å². The number of rotatable bonds is 4. The molecule has 0 aliphatic heterocycles. The van der Waals surface area contributed by atoms with E-state index in [2.05, 4.69) is 27.7 Å². The summed E-state index contributed by atoms with van der Waals surface area (Å²) in [7, 11) is 0. The van der Waals surface area contributed by atoms with Gasteiger partial charge >= 0.3 is 5.97 Å². The number of hydrogen-bond donors (Lipinski definition) is 1. The summed E-state index contributed by atoms with van der Waals surface area (Å²) in [5, 5.41) is 9.10. The average molecular weight is 389 g/mol. The second kappa shape index (κ2) is 7.13. The Labute approximate surface area is 171 Å². The molecule has 4 fully saturated rings. The van der Waals surface area contributed by atoms with E-state index in [4.69, 9.17) is 5.11 Å². The maximum atomic E-state index is 13.4. The Hall–Kier alpha value is -0.860. The van der Waals surface area contributed by atoms with E-state index in [1.165, 1.54) is 44.9 Å². The van der Waals surface area contributed by atoms with E-state index >= 15 is 0 Å². The number of hydrogen-bond acceptors (Lipinski definition) is 2. The third kappa shape index (κ3) is 3.06. The minimum Gasteiger partial charge on any atom is -0.481 e.